The molecule has 2 aromatic rings. The van der Waals surface area contributed by atoms with E-state index in [1.54, 1.807) is 16.8 Å². The first-order valence-electron chi connectivity index (χ1n) is 7.66. The Balaban J connectivity index is 1.92. The second kappa shape index (κ2) is 6.57. The van der Waals surface area contributed by atoms with Crippen molar-refractivity contribution in [1.29, 1.82) is 0 Å². The molecule has 7 nitrogen and oxygen atoms in total. The van der Waals surface area contributed by atoms with Gasteiger partial charge in [0.05, 0.1) is 11.8 Å². The van der Waals surface area contributed by atoms with Crippen LogP contribution < -0.4 is 5.73 Å². The lowest BCUT2D eigenvalue weighted by Crippen LogP contribution is -2.32. The average molecular weight is 464 g/mol. The van der Waals surface area contributed by atoms with Crippen molar-refractivity contribution < 1.29 is 14.9 Å². The van der Waals surface area contributed by atoms with Gasteiger partial charge in [-0.1, -0.05) is 0 Å². The van der Waals surface area contributed by atoms with Gasteiger partial charge in [-0.25, -0.2) is 9.97 Å². The summed E-state index contributed by atoms with van der Waals surface area (Å²) in [7, 11) is 0. The Kier molecular flexibility index (Phi) is 4.96. The van der Waals surface area contributed by atoms with Crippen LogP contribution in [0.4, 0.5) is 5.69 Å². The molecule has 0 spiro atoms. The van der Waals surface area contributed by atoms with Gasteiger partial charge < -0.3 is 20.7 Å². The first-order valence-corrected chi connectivity index (χ1v) is 11.8. The fourth-order valence-corrected chi connectivity index (χ4v) is 4.56. The lowest BCUT2D eigenvalue weighted by atomic mass is 10.1. The van der Waals surface area contributed by atoms with Gasteiger partial charge in [0.2, 0.25) is 0 Å². The summed E-state index contributed by atoms with van der Waals surface area (Å²) < 4.78 is 8.29. The van der Waals surface area contributed by atoms with Crippen molar-refractivity contribution in [2.75, 3.05) is 25.2 Å². The van der Waals surface area contributed by atoms with Crippen LogP contribution in [0.2, 0.25) is 0 Å². The van der Waals surface area contributed by atoms with E-state index in [9.17, 15) is 10.2 Å². The van der Waals surface area contributed by atoms with Crippen LogP contribution >= 0.6 is 29.5 Å². The van der Waals surface area contributed by atoms with Crippen LogP contribution in [-0.2, 0) is 4.74 Å². The van der Waals surface area contributed by atoms with Gasteiger partial charge in [0.25, 0.3) is 0 Å². The minimum Gasteiger partial charge on any atom is -0.397 e. The van der Waals surface area contributed by atoms with Gasteiger partial charge in [-0.3, -0.25) is 4.57 Å². The standard InChI is InChI=1S/C15H22IN4O3P/c1-24(2,3)7-5-9-11(21)12(22)14(23-9)20-13-10(19-15(20)16)8(17)4-6-18-13/h4,6,9,11-12,14,21-22H,1,5,7H2,2-3H3,(H2,17,18)/t9-,11-,12-,14-/m1/s1. The number of nitrogen functional groups attached to an aromatic ring is 1. The third-order valence-corrected chi connectivity index (χ3v) is 6.41. The highest BCUT2D eigenvalue weighted by atomic mass is 127. The number of ether oxygens (including phenoxy) is 1. The molecule has 1 fully saturated rings. The molecule has 3 rings (SSSR count). The molecule has 3 heterocycles. The number of fused-ring (bicyclic) bond motifs is 1. The monoisotopic (exact) mass is 464 g/mol. The molecule has 9 heteroatoms. The van der Waals surface area contributed by atoms with Crippen LogP contribution in [0.3, 0.4) is 0 Å². The number of hydrogen-bond acceptors (Lipinski definition) is 6. The molecule has 0 bridgehead atoms. The van der Waals surface area contributed by atoms with E-state index < -0.39 is 31.4 Å². The van der Waals surface area contributed by atoms with Crippen molar-refractivity contribution in [1.82, 2.24) is 14.5 Å². The fraction of sp³-hybridized carbons (Fsp3) is 0.533. The number of aliphatic hydroxyl groups excluding tert-OH is 2. The second-order valence-electron chi connectivity index (χ2n) is 6.82. The number of halogens is 1. The van der Waals surface area contributed by atoms with E-state index in [4.69, 9.17) is 10.5 Å². The minimum absolute atomic E-state index is 0.430. The predicted octanol–water partition coefficient (Wildman–Crippen LogP) is 1.34. The lowest BCUT2D eigenvalue weighted by molar-refractivity contribution is -0.0367. The normalized spacial score (nSPS) is 27.9. The van der Waals surface area contributed by atoms with Crippen LogP contribution in [0.15, 0.2) is 12.3 Å². The summed E-state index contributed by atoms with van der Waals surface area (Å²) in [5.41, 5.74) is 7.58. The zero-order valence-electron chi connectivity index (χ0n) is 13.6. The summed E-state index contributed by atoms with van der Waals surface area (Å²) in [6, 6.07) is 1.68. The van der Waals surface area contributed by atoms with Crippen molar-refractivity contribution in [2.45, 2.75) is 31.0 Å². The van der Waals surface area contributed by atoms with E-state index in [-0.39, 0.29) is 0 Å². The molecule has 132 valence electrons. The first-order chi connectivity index (χ1) is 11.2. The van der Waals surface area contributed by atoms with E-state index in [1.807, 2.05) is 0 Å². The number of rotatable bonds is 4. The highest BCUT2D eigenvalue weighted by molar-refractivity contribution is 14.1. The Hall–Kier alpha value is -0.670. The zero-order chi connectivity index (χ0) is 17.6. The van der Waals surface area contributed by atoms with Crippen LogP contribution in [-0.4, -0.2) is 68.9 Å². The van der Waals surface area contributed by atoms with Gasteiger partial charge in [0, 0.05) is 28.8 Å². The molecule has 0 radical (unpaired) electrons. The number of nitrogens with two attached hydrogens (primary N) is 1. The quantitative estimate of drug-likeness (QED) is 0.466. The zero-order valence-corrected chi connectivity index (χ0v) is 16.7. The predicted molar refractivity (Wildman–Crippen MR) is 106 cm³/mol. The molecular weight excluding hydrogens is 442 g/mol. The van der Waals surface area contributed by atoms with Crippen LogP contribution in [0.1, 0.15) is 12.6 Å². The highest BCUT2D eigenvalue weighted by Gasteiger charge is 2.44. The Morgan fingerprint density at radius 3 is 2.79 bits per heavy atom. The van der Waals surface area contributed by atoms with Crippen LogP contribution in [0.25, 0.3) is 11.2 Å². The van der Waals surface area contributed by atoms with E-state index in [2.05, 4.69) is 52.2 Å². The molecule has 0 unspecified atom stereocenters. The van der Waals surface area contributed by atoms with Crippen LogP contribution in [0.5, 0.6) is 0 Å². The number of aliphatic hydroxyl groups is 2. The number of imidazole rings is 1. The maximum Gasteiger partial charge on any atom is 0.175 e. The average Bonchev–Trinajstić information content (AvgIpc) is 2.96. The molecule has 0 aromatic carbocycles. The summed E-state index contributed by atoms with van der Waals surface area (Å²) in [6.45, 7) is 3.06. The Morgan fingerprint density at radius 2 is 2.12 bits per heavy atom. The van der Waals surface area contributed by atoms with Crippen molar-refractivity contribution in [3.05, 3.63) is 16.1 Å². The van der Waals surface area contributed by atoms with Gasteiger partial charge in [-0.15, -0.1) is 13.2 Å². The van der Waals surface area contributed by atoms with Gasteiger partial charge in [0.1, 0.15) is 17.7 Å². The molecule has 0 amide bonds. The Labute approximate surface area is 154 Å². The Morgan fingerprint density at radius 1 is 1.42 bits per heavy atom. The summed E-state index contributed by atoms with van der Waals surface area (Å²) >= 11 is 2.06. The number of hydrogen-bond donors (Lipinski definition) is 3. The van der Waals surface area contributed by atoms with Crippen molar-refractivity contribution in [3.8, 4) is 0 Å². The summed E-state index contributed by atoms with van der Waals surface area (Å²) in [4.78, 5) is 8.73. The van der Waals surface area contributed by atoms with Gasteiger partial charge in [-0.05, 0) is 32.0 Å². The molecule has 1 aliphatic rings. The van der Waals surface area contributed by atoms with E-state index in [0.717, 1.165) is 6.16 Å². The summed E-state index contributed by atoms with van der Waals surface area (Å²) in [5, 5.41) is 20.9. The number of nitrogens with zero attached hydrogens (tertiary/aromatic N) is 3. The lowest BCUT2D eigenvalue weighted by Gasteiger charge is -2.19. The summed E-state index contributed by atoms with van der Waals surface area (Å²) in [5.74, 6) is 0. The number of anilines is 1. The van der Waals surface area contributed by atoms with E-state index in [0.29, 0.717) is 27.1 Å². The molecule has 4 N–H and O–H groups in total. The molecule has 1 aliphatic heterocycles. The van der Waals surface area contributed by atoms with Crippen molar-refractivity contribution in [2.24, 2.45) is 0 Å². The molecule has 2 aromatic heterocycles. The SMILES string of the molecule is C=P(C)(C)CC[C@H]1O[C@@H](n2c(I)nc3c(N)ccnc32)[C@H](O)[C@@H]1O. The second-order valence-corrected chi connectivity index (χ2v) is 12.1. The summed E-state index contributed by atoms with van der Waals surface area (Å²) in [6.07, 6.45) is 4.17. The third-order valence-electron chi connectivity index (χ3n) is 4.18. The first kappa shape index (κ1) is 18.1. The fourth-order valence-electron chi connectivity index (χ4n) is 2.87. The molecule has 4 atom stereocenters. The third kappa shape index (κ3) is 3.35. The Bertz CT molecular complexity index is 805. The number of aromatic nitrogens is 3. The van der Waals surface area contributed by atoms with Crippen molar-refractivity contribution >= 4 is 52.6 Å². The topological polar surface area (TPSA) is 106 Å². The van der Waals surface area contributed by atoms with Crippen LogP contribution in [0, 0.1) is 3.83 Å². The molecular formula is C15H22IN4O3P. The maximum absolute atomic E-state index is 10.5. The molecule has 0 aliphatic carbocycles. The van der Waals surface area contributed by atoms with E-state index in [1.165, 1.54) is 0 Å². The highest BCUT2D eigenvalue weighted by Crippen LogP contribution is 2.40. The maximum atomic E-state index is 10.5. The number of pyridine rings is 1. The minimum atomic E-state index is -1.22. The van der Waals surface area contributed by atoms with Gasteiger partial charge in [-0.2, -0.15) is 0 Å². The molecule has 24 heavy (non-hydrogen) atoms. The largest absolute Gasteiger partial charge is 0.397 e. The molecule has 0 saturated carbocycles. The van der Waals surface area contributed by atoms with Gasteiger partial charge >= 0.3 is 0 Å². The van der Waals surface area contributed by atoms with E-state index >= 15 is 0 Å². The molecule has 1 saturated heterocycles. The van der Waals surface area contributed by atoms with Gasteiger partial charge in [0.15, 0.2) is 15.7 Å². The smallest absolute Gasteiger partial charge is 0.175 e. The van der Waals surface area contributed by atoms with Crippen molar-refractivity contribution in [3.63, 3.8) is 0 Å².